The molecule has 0 aromatic carbocycles. The van der Waals surface area contributed by atoms with Gasteiger partial charge in [-0.25, -0.2) is 9.97 Å². The zero-order valence-electron chi connectivity index (χ0n) is 8.85. The lowest BCUT2D eigenvalue weighted by Crippen LogP contribution is -2.33. The number of hydrogen-bond donors (Lipinski definition) is 2. The average Bonchev–Trinajstić information content (AvgIpc) is 2.82. The molecule has 0 radical (unpaired) electrons. The van der Waals surface area contributed by atoms with Crippen LogP contribution in [0.15, 0.2) is 30.9 Å². The summed E-state index contributed by atoms with van der Waals surface area (Å²) in [6, 6.07) is 4.05. The van der Waals surface area contributed by atoms with E-state index in [2.05, 4.69) is 31.2 Å². The summed E-state index contributed by atoms with van der Waals surface area (Å²) in [5.41, 5.74) is 2.20. The Bertz CT molecular complexity index is 465. The van der Waals surface area contributed by atoms with Gasteiger partial charge in [-0.05, 0) is 12.1 Å². The minimum absolute atomic E-state index is 0.823. The predicted octanol–water partition coefficient (Wildman–Crippen LogP) is 1.24. The van der Waals surface area contributed by atoms with Gasteiger partial charge >= 0.3 is 0 Å². The van der Waals surface area contributed by atoms with Crippen molar-refractivity contribution in [2.45, 2.75) is 6.54 Å². The van der Waals surface area contributed by atoms with Gasteiger partial charge in [0.25, 0.3) is 0 Å². The third-order valence-electron chi connectivity index (χ3n) is 2.71. The molecule has 0 saturated carbocycles. The fourth-order valence-corrected chi connectivity index (χ4v) is 1.96. The number of anilines is 2. The molecule has 0 saturated heterocycles. The zero-order chi connectivity index (χ0) is 10.8. The standard InChI is InChI=1S/C11H13N5/c1-2-10-11(13-3-1)14-4-5-16(10)7-9-6-12-8-15-9/h1-3,6,8H,4-5,7H2,(H,12,15)(H,13,14). The fraction of sp³-hybridized carbons (Fsp3) is 0.273. The number of nitrogens with one attached hydrogen (secondary N) is 2. The third-order valence-corrected chi connectivity index (χ3v) is 2.71. The Kier molecular flexibility index (Phi) is 2.21. The number of imidazole rings is 1. The van der Waals surface area contributed by atoms with Crippen LogP contribution in [0.25, 0.3) is 0 Å². The number of fused-ring (bicyclic) bond motifs is 1. The maximum absolute atomic E-state index is 4.32. The van der Waals surface area contributed by atoms with Gasteiger partial charge in [0.1, 0.15) is 5.82 Å². The van der Waals surface area contributed by atoms with E-state index in [0.717, 1.165) is 36.8 Å². The van der Waals surface area contributed by atoms with E-state index in [0.29, 0.717) is 0 Å². The lowest BCUT2D eigenvalue weighted by atomic mass is 10.2. The van der Waals surface area contributed by atoms with Crippen LogP contribution in [0.3, 0.4) is 0 Å². The van der Waals surface area contributed by atoms with E-state index < -0.39 is 0 Å². The van der Waals surface area contributed by atoms with Crippen LogP contribution < -0.4 is 10.2 Å². The fourth-order valence-electron chi connectivity index (χ4n) is 1.96. The van der Waals surface area contributed by atoms with E-state index in [9.17, 15) is 0 Å². The van der Waals surface area contributed by atoms with E-state index in [4.69, 9.17) is 0 Å². The first-order chi connectivity index (χ1) is 7.93. The van der Waals surface area contributed by atoms with Crippen molar-refractivity contribution in [2.24, 2.45) is 0 Å². The Balaban J connectivity index is 1.87. The van der Waals surface area contributed by atoms with Crippen molar-refractivity contribution in [1.29, 1.82) is 0 Å². The summed E-state index contributed by atoms with van der Waals surface area (Å²) >= 11 is 0. The lowest BCUT2D eigenvalue weighted by Gasteiger charge is -2.30. The molecule has 3 rings (SSSR count). The Morgan fingerprint density at radius 2 is 2.38 bits per heavy atom. The molecule has 0 bridgehead atoms. The highest BCUT2D eigenvalue weighted by molar-refractivity contribution is 5.67. The molecule has 3 heterocycles. The Morgan fingerprint density at radius 3 is 3.25 bits per heavy atom. The SMILES string of the molecule is c1cnc2c(c1)N(Cc1c[nH]cn1)CCN2. The van der Waals surface area contributed by atoms with E-state index in [-0.39, 0.29) is 0 Å². The predicted molar refractivity (Wildman–Crippen MR) is 62.4 cm³/mol. The topological polar surface area (TPSA) is 56.8 Å². The van der Waals surface area contributed by atoms with Crippen molar-refractivity contribution in [1.82, 2.24) is 15.0 Å². The van der Waals surface area contributed by atoms with Crippen LogP contribution in [0, 0.1) is 0 Å². The lowest BCUT2D eigenvalue weighted by molar-refractivity contribution is 0.769. The van der Waals surface area contributed by atoms with Crippen LogP contribution in [0.1, 0.15) is 5.69 Å². The molecular weight excluding hydrogens is 202 g/mol. The molecule has 2 aromatic heterocycles. The first-order valence-electron chi connectivity index (χ1n) is 5.35. The van der Waals surface area contributed by atoms with E-state index in [1.54, 1.807) is 6.33 Å². The monoisotopic (exact) mass is 215 g/mol. The summed E-state index contributed by atoms with van der Waals surface area (Å²) in [4.78, 5) is 13.8. The normalized spacial score (nSPS) is 14.4. The quantitative estimate of drug-likeness (QED) is 0.791. The maximum atomic E-state index is 4.32. The van der Waals surface area contributed by atoms with Gasteiger partial charge in [-0.3, -0.25) is 0 Å². The minimum Gasteiger partial charge on any atom is -0.367 e. The maximum Gasteiger partial charge on any atom is 0.149 e. The first-order valence-corrected chi connectivity index (χ1v) is 5.35. The van der Waals surface area contributed by atoms with Crippen LogP contribution in [0.2, 0.25) is 0 Å². The van der Waals surface area contributed by atoms with Gasteiger partial charge in [0.15, 0.2) is 0 Å². The Morgan fingerprint density at radius 1 is 1.38 bits per heavy atom. The number of hydrogen-bond acceptors (Lipinski definition) is 4. The van der Waals surface area contributed by atoms with Crippen LogP contribution >= 0.6 is 0 Å². The molecule has 0 amide bonds. The van der Waals surface area contributed by atoms with Crippen LogP contribution in [0.4, 0.5) is 11.5 Å². The Hall–Kier alpha value is -2.04. The first kappa shape index (κ1) is 9.21. The molecule has 0 spiro atoms. The van der Waals surface area contributed by atoms with E-state index in [1.165, 1.54) is 0 Å². The molecule has 2 aromatic rings. The van der Waals surface area contributed by atoms with Crippen molar-refractivity contribution in [3.8, 4) is 0 Å². The second-order valence-corrected chi connectivity index (χ2v) is 3.78. The molecule has 0 fully saturated rings. The van der Waals surface area contributed by atoms with Gasteiger partial charge in [-0.2, -0.15) is 0 Å². The highest BCUT2D eigenvalue weighted by Gasteiger charge is 2.17. The molecular formula is C11H13N5. The number of rotatable bonds is 2. The van der Waals surface area contributed by atoms with Crippen LogP contribution in [-0.4, -0.2) is 28.0 Å². The van der Waals surface area contributed by atoms with Gasteiger partial charge in [0.2, 0.25) is 0 Å². The highest BCUT2D eigenvalue weighted by Crippen LogP contribution is 2.26. The van der Waals surface area contributed by atoms with Gasteiger partial charge in [-0.15, -0.1) is 0 Å². The van der Waals surface area contributed by atoms with Crippen molar-refractivity contribution < 1.29 is 0 Å². The largest absolute Gasteiger partial charge is 0.367 e. The summed E-state index contributed by atoms with van der Waals surface area (Å²) in [5, 5.41) is 3.29. The molecule has 0 aliphatic carbocycles. The smallest absolute Gasteiger partial charge is 0.149 e. The Labute approximate surface area is 93.5 Å². The molecule has 1 aliphatic heterocycles. The van der Waals surface area contributed by atoms with Crippen LogP contribution in [0.5, 0.6) is 0 Å². The number of nitrogens with zero attached hydrogens (tertiary/aromatic N) is 3. The van der Waals surface area contributed by atoms with Crippen molar-refractivity contribution in [3.63, 3.8) is 0 Å². The summed E-state index contributed by atoms with van der Waals surface area (Å²) in [5.74, 6) is 0.962. The second-order valence-electron chi connectivity index (χ2n) is 3.78. The molecule has 0 atom stereocenters. The van der Waals surface area contributed by atoms with Gasteiger partial charge < -0.3 is 15.2 Å². The van der Waals surface area contributed by atoms with Crippen molar-refractivity contribution in [2.75, 3.05) is 23.3 Å². The zero-order valence-corrected chi connectivity index (χ0v) is 8.85. The second kappa shape index (κ2) is 3.84. The number of aromatic nitrogens is 3. The molecule has 2 N–H and O–H groups in total. The van der Waals surface area contributed by atoms with Crippen molar-refractivity contribution >= 4 is 11.5 Å². The van der Waals surface area contributed by atoms with Crippen LogP contribution in [-0.2, 0) is 6.54 Å². The highest BCUT2D eigenvalue weighted by atomic mass is 15.2. The molecule has 82 valence electrons. The molecule has 5 heteroatoms. The number of pyridine rings is 1. The molecule has 5 nitrogen and oxygen atoms in total. The summed E-state index contributed by atoms with van der Waals surface area (Å²) in [7, 11) is 0. The van der Waals surface area contributed by atoms with E-state index in [1.807, 2.05) is 18.5 Å². The third kappa shape index (κ3) is 1.60. The molecule has 0 unspecified atom stereocenters. The van der Waals surface area contributed by atoms with E-state index >= 15 is 0 Å². The number of aromatic amines is 1. The summed E-state index contributed by atoms with van der Waals surface area (Å²) < 4.78 is 0. The summed E-state index contributed by atoms with van der Waals surface area (Å²) in [6.07, 6.45) is 5.45. The molecule has 16 heavy (non-hydrogen) atoms. The average molecular weight is 215 g/mol. The number of H-pyrrole nitrogens is 1. The minimum atomic E-state index is 0.823. The van der Waals surface area contributed by atoms with Gasteiger partial charge in [0, 0.05) is 25.5 Å². The molecule has 1 aliphatic rings. The summed E-state index contributed by atoms with van der Waals surface area (Å²) in [6.45, 7) is 2.73. The van der Waals surface area contributed by atoms with Gasteiger partial charge in [0.05, 0.1) is 24.3 Å². The van der Waals surface area contributed by atoms with Crippen molar-refractivity contribution in [3.05, 3.63) is 36.5 Å². The van der Waals surface area contributed by atoms with Gasteiger partial charge in [-0.1, -0.05) is 0 Å².